The molecule has 0 spiro atoms. The number of carbonyl (C=O) groups excluding carboxylic acids is 1. The first-order valence-corrected chi connectivity index (χ1v) is 14.7. The molecule has 1 aliphatic heterocycles. The molecule has 0 radical (unpaired) electrons. The predicted molar refractivity (Wildman–Crippen MR) is 146 cm³/mol. The Hall–Kier alpha value is -2.44. The van der Waals surface area contributed by atoms with Crippen molar-refractivity contribution in [1.82, 2.24) is 30.0 Å². The molecular weight excluding hydrogens is 513 g/mol. The summed E-state index contributed by atoms with van der Waals surface area (Å²) in [5, 5.41) is 12.6. The van der Waals surface area contributed by atoms with E-state index < -0.39 is 0 Å². The van der Waals surface area contributed by atoms with Crippen molar-refractivity contribution >= 4 is 51.0 Å². The van der Waals surface area contributed by atoms with E-state index in [0.717, 1.165) is 60.6 Å². The van der Waals surface area contributed by atoms with Crippen LogP contribution in [0.15, 0.2) is 64.1 Å². The fraction of sp³-hybridized carbons (Fsp3) is 0.360. The van der Waals surface area contributed by atoms with E-state index in [1.165, 1.54) is 16.5 Å². The summed E-state index contributed by atoms with van der Waals surface area (Å²) >= 11 is 4.75. The number of morpholine rings is 1. The number of thioether (sulfide) groups is 2. The SMILES string of the molecule is O=C(CSc1nnc(CSc2nc3ccccc3s2)n1-c1ccccc1)NCCCN1CCOCC1. The number of fused-ring (bicyclic) bond motifs is 1. The third kappa shape index (κ3) is 6.65. The molecule has 0 atom stereocenters. The van der Waals surface area contributed by atoms with E-state index in [1.807, 2.05) is 53.1 Å². The molecule has 8 nitrogen and oxygen atoms in total. The Morgan fingerprint density at radius 3 is 2.67 bits per heavy atom. The summed E-state index contributed by atoms with van der Waals surface area (Å²) < 4.78 is 9.60. The average Bonchev–Trinajstić information content (AvgIpc) is 3.53. The molecule has 0 bridgehead atoms. The lowest BCUT2D eigenvalue weighted by Crippen LogP contribution is -2.38. The number of benzene rings is 2. The Balaban J connectivity index is 1.18. The Labute approximate surface area is 222 Å². The molecule has 36 heavy (non-hydrogen) atoms. The molecule has 2 aromatic carbocycles. The Kier molecular flexibility index (Phi) is 8.89. The standard InChI is InChI=1S/C25H28N6O2S3/c32-23(26-11-6-12-30-13-15-33-16-14-30)18-34-24-29-28-22(31(24)19-7-2-1-3-8-19)17-35-25-27-20-9-4-5-10-21(20)36-25/h1-5,7-10H,6,11-18H2,(H,26,32). The second kappa shape index (κ2) is 12.7. The maximum absolute atomic E-state index is 12.5. The highest BCUT2D eigenvalue weighted by Crippen LogP contribution is 2.32. The van der Waals surface area contributed by atoms with Crippen LogP contribution in [0.3, 0.4) is 0 Å². The van der Waals surface area contributed by atoms with Crippen molar-refractivity contribution in [1.29, 1.82) is 0 Å². The van der Waals surface area contributed by atoms with Crippen molar-refractivity contribution in [3.8, 4) is 5.69 Å². The largest absolute Gasteiger partial charge is 0.379 e. The van der Waals surface area contributed by atoms with Gasteiger partial charge in [-0.3, -0.25) is 14.3 Å². The average molecular weight is 541 g/mol. The zero-order valence-corrected chi connectivity index (χ0v) is 22.3. The number of rotatable bonds is 11. The quantitative estimate of drug-likeness (QED) is 0.225. The molecule has 1 fully saturated rings. The van der Waals surface area contributed by atoms with E-state index >= 15 is 0 Å². The van der Waals surface area contributed by atoms with Gasteiger partial charge in [-0.1, -0.05) is 53.9 Å². The topological polar surface area (TPSA) is 85.2 Å². The zero-order valence-electron chi connectivity index (χ0n) is 19.8. The van der Waals surface area contributed by atoms with Crippen LogP contribution >= 0.6 is 34.9 Å². The highest BCUT2D eigenvalue weighted by atomic mass is 32.2. The Morgan fingerprint density at radius 2 is 1.83 bits per heavy atom. The number of carbonyl (C=O) groups is 1. The number of nitrogens with one attached hydrogen (secondary N) is 1. The smallest absolute Gasteiger partial charge is 0.230 e. The van der Waals surface area contributed by atoms with Gasteiger partial charge in [0.25, 0.3) is 0 Å². The molecule has 1 N–H and O–H groups in total. The molecule has 5 rings (SSSR count). The molecule has 1 saturated heterocycles. The molecule has 4 aromatic rings. The summed E-state index contributed by atoms with van der Waals surface area (Å²) in [5.74, 6) is 1.78. The molecule has 1 aliphatic rings. The van der Waals surface area contributed by atoms with Gasteiger partial charge in [-0.2, -0.15) is 0 Å². The summed E-state index contributed by atoms with van der Waals surface area (Å²) in [5.41, 5.74) is 2.00. The number of nitrogens with zero attached hydrogens (tertiary/aromatic N) is 5. The van der Waals surface area contributed by atoms with E-state index in [2.05, 4.69) is 26.5 Å². The lowest BCUT2D eigenvalue weighted by Gasteiger charge is -2.26. The number of para-hydroxylation sites is 2. The normalized spacial score (nSPS) is 14.3. The lowest BCUT2D eigenvalue weighted by atomic mass is 10.3. The van der Waals surface area contributed by atoms with Crippen molar-refractivity contribution < 1.29 is 9.53 Å². The van der Waals surface area contributed by atoms with Crippen molar-refractivity contribution in [3.05, 3.63) is 60.4 Å². The minimum absolute atomic E-state index is 0.00925. The van der Waals surface area contributed by atoms with Gasteiger partial charge in [-0.15, -0.1) is 21.5 Å². The van der Waals surface area contributed by atoms with E-state index in [-0.39, 0.29) is 5.91 Å². The molecule has 1 amide bonds. The van der Waals surface area contributed by atoms with Gasteiger partial charge in [0, 0.05) is 25.3 Å². The summed E-state index contributed by atoms with van der Waals surface area (Å²) in [6.45, 7) is 5.19. The fourth-order valence-corrected chi connectivity index (χ4v) is 6.68. The third-order valence-electron chi connectivity index (χ3n) is 5.72. The van der Waals surface area contributed by atoms with E-state index in [1.54, 1.807) is 23.1 Å². The van der Waals surface area contributed by atoms with Gasteiger partial charge in [-0.05, 0) is 37.2 Å². The van der Waals surface area contributed by atoms with Crippen molar-refractivity contribution in [3.63, 3.8) is 0 Å². The second-order valence-electron chi connectivity index (χ2n) is 8.25. The van der Waals surface area contributed by atoms with Crippen LogP contribution in [-0.2, 0) is 15.3 Å². The molecule has 11 heteroatoms. The maximum atomic E-state index is 12.5. The minimum atomic E-state index is 0.00925. The molecule has 2 aromatic heterocycles. The predicted octanol–water partition coefficient (Wildman–Crippen LogP) is 4.10. The first kappa shape index (κ1) is 25.2. The molecule has 0 unspecified atom stereocenters. The number of amides is 1. The van der Waals surface area contributed by atoms with Gasteiger partial charge in [0.2, 0.25) is 5.91 Å². The zero-order chi connectivity index (χ0) is 24.6. The van der Waals surface area contributed by atoms with Gasteiger partial charge in [-0.25, -0.2) is 4.98 Å². The molecular formula is C25H28N6O2S3. The van der Waals surface area contributed by atoms with Gasteiger partial charge < -0.3 is 10.1 Å². The first-order chi connectivity index (χ1) is 17.8. The van der Waals surface area contributed by atoms with Crippen molar-refractivity contribution in [2.75, 3.05) is 45.1 Å². The van der Waals surface area contributed by atoms with Crippen LogP contribution in [0.2, 0.25) is 0 Å². The van der Waals surface area contributed by atoms with Crippen molar-refractivity contribution in [2.45, 2.75) is 21.7 Å². The molecule has 188 valence electrons. The van der Waals surface area contributed by atoms with Gasteiger partial charge >= 0.3 is 0 Å². The number of hydrogen-bond donors (Lipinski definition) is 1. The van der Waals surface area contributed by atoms with Crippen LogP contribution in [0.5, 0.6) is 0 Å². The monoisotopic (exact) mass is 540 g/mol. The van der Waals surface area contributed by atoms with Crippen LogP contribution in [0.25, 0.3) is 15.9 Å². The van der Waals surface area contributed by atoms with Gasteiger partial charge in [0.05, 0.1) is 34.9 Å². The number of aromatic nitrogens is 4. The summed E-state index contributed by atoms with van der Waals surface area (Å²) in [6, 6.07) is 18.2. The van der Waals surface area contributed by atoms with Gasteiger partial charge in [0.1, 0.15) is 5.82 Å². The van der Waals surface area contributed by atoms with Crippen molar-refractivity contribution in [2.24, 2.45) is 0 Å². The second-order valence-corrected chi connectivity index (χ2v) is 11.4. The number of hydrogen-bond acceptors (Lipinski definition) is 9. The van der Waals surface area contributed by atoms with E-state index in [0.29, 0.717) is 23.2 Å². The minimum Gasteiger partial charge on any atom is -0.379 e. The third-order valence-corrected chi connectivity index (χ3v) is 8.83. The van der Waals surface area contributed by atoms with Gasteiger partial charge in [0.15, 0.2) is 9.50 Å². The first-order valence-electron chi connectivity index (χ1n) is 11.9. The highest BCUT2D eigenvalue weighted by molar-refractivity contribution is 8.00. The van der Waals surface area contributed by atoms with Crippen LogP contribution in [0.1, 0.15) is 12.2 Å². The molecule has 0 aliphatic carbocycles. The molecule has 3 heterocycles. The van der Waals surface area contributed by atoms with E-state index in [4.69, 9.17) is 9.72 Å². The van der Waals surface area contributed by atoms with Crippen LogP contribution in [0.4, 0.5) is 0 Å². The van der Waals surface area contributed by atoms with Crippen LogP contribution < -0.4 is 5.32 Å². The Bertz CT molecular complexity index is 1240. The number of ether oxygens (including phenoxy) is 1. The summed E-state index contributed by atoms with van der Waals surface area (Å²) in [6.07, 6.45) is 0.934. The lowest BCUT2D eigenvalue weighted by molar-refractivity contribution is -0.118. The van der Waals surface area contributed by atoms with Crippen LogP contribution in [0, 0.1) is 0 Å². The Morgan fingerprint density at radius 1 is 1.03 bits per heavy atom. The van der Waals surface area contributed by atoms with E-state index in [9.17, 15) is 4.79 Å². The van der Waals surface area contributed by atoms with Crippen LogP contribution in [-0.4, -0.2) is 75.7 Å². The fourth-order valence-electron chi connectivity index (χ4n) is 3.90. The molecule has 0 saturated carbocycles. The summed E-state index contributed by atoms with van der Waals surface area (Å²) in [4.78, 5) is 19.6. The number of thiazole rings is 1. The highest BCUT2D eigenvalue weighted by Gasteiger charge is 2.17. The maximum Gasteiger partial charge on any atom is 0.230 e. The summed E-state index contributed by atoms with van der Waals surface area (Å²) in [7, 11) is 0.